The van der Waals surface area contributed by atoms with Gasteiger partial charge in [-0.15, -0.1) is 11.6 Å². The second-order valence-electron chi connectivity index (χ2n) is 4.60. The first-order valence-corrected chi connectivity index (χ1v) is 7.80. The maximum Gasteiger partial charge on any atom is 0.220 e. The van der Waals surface area contributed by atoms with Crippen molar-refractivity contribution in [2.75, 3.05) is 17.4 Å². The molecule has 0 aromatic heterocycles. The number of amides is 1. The predicted molar refractivity (Wildman–Crippen MR) is 64.4 cm³/mol. The van der Waals surface area contributed by atoms with Crippen molar-refractivity contribution in [2.45, 2.75) is 38.1 Å². The SMILES string of the molecule is CC1(NC(=O)CCCCCl)CCS(=O)(=O)C1. The number of carbonyl (C=O) groups excluding carboxylic acids is 1. The molecule has 1 saturated heterocycles. The minimum Gasteiger partial charge on any atom is -0.350 e. The summed E-state index contributed by atoms with van der Waals surface area (Å²) in [4.78, 5) is 11.5. The number of rotatable bonds is 5. The van der Waals surface area contributed by atoms with Crippen LogP contribution in [0.3, 0.4) is 0 Å². The fourth-order valence-electron chi connectivity index (χ4n) is 1.89. The second-order valence-corrected chi connectivity index (χ2v) is 7.16. The molecule has 0 saturated carbocycles. The van der Waals surface area contributed by atoms with Gasteiger partial charge in [-0.05, 0) is 26.2 Å². The predicted octanol–water partition coefficient (Wildman–Crippen LogP) is 1.09. The average molecular weight is 268 g/mol. The Morgan fingerprint density at radius 1 is 1.44 bits per heavy atom. The van der Waals surface area contributed by atoms with Gasteiger partial charge in [0.1, 0.15) is 0 Å². The van der Waals surface area contributed by atoms with E-state index in [0.717, 1.165) is 12.8 Å². The molecule has 4 nitrogen and oxygen atoms in total. The lowest BCUT2D eigenvalue weighted by molar-refractivity contribution is -0.122. The van der Waals surface area contributed by atoms with E-state index in [1.807, 2.05) is 0 Å². The zero-order valence-corrected chi connectivity index (χ0v) is 11.0. The Labute approximate surface area is 102 Å². The van der Waals surface area contributed by atoms with Crippen molar-refractivity contribution in [1.82, 2.24) is 5.32 Å². The van der Waals surface area contributed by atoms with Crippen molar-refractivity contribution < 1.29 is 13.2 Å². The topological polar surface area (TPSA) is 63.2 Å². The lowest BCUT2D eigenvalue weighted by Crippen LogP contribution is -2.46. The van der Waals surface area contributed by atoms with Crippen molar-refractivity contribution in [1.29, 1.82) is 0 Å². The van der Waals surface area contributed by atoms with Gasteiger partial charge in [-0.2, -0.15) is 0 Å². The Balaban J connectivity index is 2.39. The average Bonchev–Trinajstić information content (AvgIpc) is 2.40. The molecule has 94 valence electrons. The van der Waals surface area contributed by atoms with Gasteiger partial charge in [-0.3, -0.25) is 4.79 Å². The minimum atomic E-state index is -2.96. The first-order valence-electron chi connectivity index (χ1n) is 5.44. The van der Waals surface area contributed by atoms with E-state index in [4.69, 9.17) is 11.6 Å². The smallest absolute Gasteiger partial charge is 0.220 e. The molecule has 1 rings (SSSR count). The lowest BCUT2D eigenvalue weighted by Gasteiger charge is -2.23. The van der Waals surface area contributed by atoms with E-state index in [9.17, 15) is 13.2 Å². The highest BCUT2D eigenvalue weighted by Gasteiger charge is 2.39. The molecule has 0 aromatic carbocycles. The molecule has 1 heterocycles. The van der Waals surface area contributed by atoms with E-state index in [0.29, 0.717) is 18.7 Å². The number of halogens is 1. The number of sulfone groups is 1. The van der Waals surface area contributed by atoms with Gasteiger partial charge in [0.25, 0.3) is 0 Å². The molecule has 1 fully saturated rings. The zero-order valence-electron chi connectivity index (χ0n) is 9.46. The van der Waals surface area contributed by atoms with Crippen molar-refractivity contribution in [3.8, 4) is 0 Å². The Morgan fingerprint density at radius 2 is 2.12 bits per heavy atom. The summed E-state index contributed by atoms with van der Waals surface area (Å²) < 4.78 is 22.6. The quantitative estimate of drug-likeness (QED) is 0.599. The highest BCUT2D eigenvalue weighted by molar-refractivity contribution is 7.91. The molecule has 16 heavy (non-hydrogen) atoms. The van der Waals surface area contributed by atoms with Gasteiger partial charge in [0, 0.05) is 12.3 Å². The van der Waals surface area contributed by atoms with Crippen LogP contribution in [-0.2, 0) is 14.6 Å². The summed E-state index contributed by atoms with van der Waals surface area (Å²) in [6, 6.07) is 0. The van der Waals surface area contributed by atoms with Gasteiger partial charge >= 0.3 is 0 Å². The monoisotopic (exact) mass is 267 g/mol. The third-order valence-electron chi connectivity index (χ3n) is 2.73. The Kier molecular flexibility index (Phi) is 4.62. The molecule has 1 amide bonds. The standard InChI is InChI=1S/C10H18ClNO3S/c1-10(5-7-16(14,15)8-10)12-9(13)4-2-3-6-11/h2-8H2,1H3,(H,12,13). The summed E-state index contributed by atoms with van der Waals surface area (Å²) in [5, 5.41) is 2.81. The third kappa shape index (κ3) is 4.29. The van der Waals surface area contributed by atoms with E-state index < -0.39 is 15.4 Å². The molecule has 1 unspecified atom stereocenters. The van der Waals surface area contributed by atoms with Crippen LogP contribution in [0.25, 0.3) is 0 Å². The van der Waals surface area contributed by atoms with Gasteiger partial charge in [-0.25, -0.2) is 8.42 Å². The molecule has 1 aliphatic rings. The molecule has 1 aliphatic heterocycles. The Morgan fingerprint density at radius 3 is 2.62 bits per heavy atom. The van der Waals surface area contributed by atoms with Gasteiger partial charge < -0.3 is 5.32 Å². The number of hydrogen-bond donors (Lipinski definition) is 1. The third-order valence-corrected chi connectivity index (χ3v) is 4.90. The molecule has 0 radical (unpaired) electrons. The maximum atomic E-state index is 11.5. The molecule has 1 N–H and O–H groups in total. The molecule has 0 spiro atoms. The summed E-state index contributed by atoms with van der Waals surface area (Å²) in [6.07, 6.45) is 2.49. The normalized spacial score (nSPS) is 27.9. The van der Waals surface area contributed by atoms with Gasteiger partial charge in [0.05, 0.1) is 17.0 Å². The van der Waals surface area contributed by atoms with E-state index in [-0.39, 0.29) is 17.4 Å². The first kappa shape index (κ1) is 13.8. The van der Waals surface area contributed by atoms with Crippen LogP contribution in [0.15, 0.2) is 0 Å². The fourth-order valence-corrected chi connectivity index (χ4v) is 4.17. The number of carbonyl (C=O) groups is 1. The minimum absolute atomic E-state index is 0.0568. The molecule has 0 aromatic rings. The van der Waals surface area contributed by atoms with Crippen LogP contribution < -0.4 is 5.32 Å². The Bertz CT molecular complexity index is 355. The van der Waals surface area contributed by atoms with Gasteiger partial charge in [0.15, 0.2) is 9.84 Å². The van der Waals surface area contributed by atoms with Crippen molar-refractivity contribution in [2.24, 2.45) is 0 Å². The van der Waals surface area contributed by atoms with Gasteiger partial charge in [0.2, 0.25) is 5.91 Å². The van der Waals surface area contributed by atoms with Crippen LogP contribution in [0.5, 0.6) is 0 Å². The fraction of sp³-hybridized carbons (Fsp3) is 0.900. The van der Waals surface area contributed by atoms with Crippen LogP contribution in [0, 0.1) is 0 Å². The molecule has 0 aliphatic carbocycles. The highest BCUT2D eigenvalue weighted by atomic mass is 35.5. The molecule has 6 heteroatoms. The molecular weight excluding hydrogens is 250 g/mol. The first-order chi connectivity index (χ1) is 7.37. The lowest BCUT2D eigenvalue weighted by atomic mass is 10.0. The van der Waals surface area contributed by atoms with Crippen LogP contribution in [-0.4, -0.2) is 37.2 Å². The zero-order chi connectivity index (χ0) is 12.2. The maximum absolute atomic E-state index is 11.5. The second kappa shape index (κ2) is 5.36. The summed E-state index contributed by atoms with van der Waals surface area (Å²) in [7, 11) is -2.96. The number of nitrogens with one attached hydrogen (secondary N) is 1. The van der Waals surface area contributed by atoms with Crippen LogP contribution in [0.1, 0.15) is 32.6 Å². The van der Waals surface area contributed by atoms with Crippen molar-refractivity contribution in [3.63, 3.8) is 0 Å². The van der Waals surface area contributed by atoms with Gasteiger partial charge in [-0.1, -0.05) is 0 Å². The highest BCUT2D eigenvalue weighted by Crippen LogP contribution is 2.22. The van der Waals surface area contributed by atoms with E-state index >= 15 is 0 Å². The largest absolute Gasteiger partial charge is 0.350 e. The summed E-state index contributed by atoms with van der Waals surface area (Å²) in [5.41, 5.74) is -0.573. The van der Waals surface area contributed by atoms with E-state index in [1.54, 1.807) is 6.92 Å². The van der Waals surface area contributed by atoms with E-state index in [1.165, 1.54) is 0 Å². The summed E-state index contributed by atoms with van der Waals surface area (Å²) >= 11 is 5.51. The van der Waals surface area contributed by atoms with Crippen LogP contribution in [0.2, 0.25) is 0 Å². The molecule has 0 bridgehead atoms. The van der Waals surface area contributed by atoms with Crippen LogP contribution in [0.4, 0.5) is 0 Å². The van der Waals surface area contributed by atoms with Crippen molar-refractivity contribution >= 4 is 27.3 Å². The summed E-state index contributed by atoms with van der Waals surface area (Å²) in [5.74, 6) is 0.704. The number of hydrogen-bond acceptors (Lipinski definition) is 3. The molecular formula is C10H18ClNO3S. The Hall–Kier alpha value is -0.290. The van der Waals surface area contributed by atoms with Crippen LogP contribution >= 0.6 is 11.6 Å². The number of alkyl halides is 1. The summed E-state index contributed by atoms with van der Waals surface area (Å²) in [6.45, 7) is 1.79. The van der Waals surface area contributed by atoms with Crippen molar-refractivity contribution in [3.05, 3.63) is 0 Å². The number of unbranched alkanes of at least 4 members (excludes halogenated alkanes) is 1. The molecule has 1 atom stereocenters. The van der Waals surface area contributed by atoms with E-state index in [2.05, 4.69) is 5.32 Å².